The smallest absolute Gasteiger partial charge is 0.190 e. The highest BCUT2D eigenvalue weighted by Crippen LogP contribution is 2.66. The molecule has 6 heteroatoms. The van der Waals surface area contributed by atoms with Crippen molar-refractivity contribution in [2.45, 2.75) is 63.4 Å². The van der Waals surface area contributed by atoms with E-state index in [1.807, 2.05) is 32.3 Å². The van der Waals surface area contributed by atoms with Crippen LogP contribution in [0.4, 0.5) is 0 Å². The fraction of sp³-hybridized carbons (Fsp3) is 0.613. The van der Waals surface area contributed by atoms with Gasteiger partial charge in [-0.3, -0.25) is 9.59 Å². The van der Waals surface area contributed by atoms with Crippen molar-refractivity contribution in [3.63, 3.8) is 0 Å². The number of hydrogen-bond donors (Lipinski definition) is 1. The number of likely N-dealkylation sites (N-methyl/N-ethyl adjacent to an activating group) is 1. The number of ketones is 2. The summed E-state index contributed by atoms with van der Waals surface area (Å²) in [6.07, 6.45) is 7.15. The summed E-state index contributed by atoms with van der Waals surface area (Å²) in [7, 11) is 5.58. The van der Waals surface area contributed by atoms with Gasteiger partial charge in [0.2, 0.25) is 0 Å². The number of Topliss-reactive ketones (excluding diaryl/α,β-unsaturated/α-hetero) is 1. The summed E-state index contributed by atoms with van der Waals surface area (Å²) in [5, 5.41) is 11.9. The summed E-state index contributed by atoms with van der Waals surface area (Å²) in [4.78, 5) is 27.6. The van der Waals surface area contributed by atoms with E-state index in [-0.39, 0.29) is 30.0 Å². The van der Waals surface area contributed by atoms with Gasteiger partial charge in [-0.25, -0.2) is 0 Å². The maximum absolute atomic E-state index is 13.2. The van der Waals surface area contributed by atoms with Crippen molar-refractivity contribution in [3.8, 4) is 5.75 Å². The lowest BCUT2D eigenvalue weighted by Gasteiger charge is -2.54. The Morgan fingerprint density at radius 3 is 2.59 bits per heavy atom. The summed E-state index contributed by atoms with van der Waals surface area (Å²) >= 11 is 0. The Hall–Kier alpha value is -2.28. The number of carbonyl (C=O) groups excluding carboxylic acids is 2. The Bertz CT molecular complexity index is 1120. The number of ether oxygens (including phenoxy) is 2. The lowest BCUT2D eigenvalue weighted by Crippen LogP contribution is -2.56. The average Bonchev–Trinajstić information content (AvgIpc) is 3.15. The molecule has 0 bridgehead atoms. The minimum atomic E-state index is -1.38. The molecule has 2 saturated carbocycles. The van der Waals surface area contributed by atoms with Crippen LogP contribution in [0.15, 0.2) is 47.1 Å². The minimum Gasteiger partial charge on any atom is -0.492 e. The van der Waals surface area contributed by atoms with Crippen molar-refractivity contribution >= 4 is 11.6 Å². The van der Waals surface area contributed by atoms with Crippen LogP contribution in [-0.2, 0) is 14.3 Å². The summed E-state index contributed by atoms with van der Waals surface area (Å²) in [6.45, 7) is 3.56. The molecule has 37 heavy (non-hydrogen) atoms. The van der Waals surface area contributed by atoms with Crippen LogP contribution in [-0.4, -0.2) is 68.1 Å². The van der Waals surface area contributed by atoms with Crippen molar-refractivity contribution < 1.29 is 24.2 Å². The first-order chi connectivity index (χ1) is 17.7. The summed E-state index contributed by atoms with van der Waals surface area (Å²) < 4.78 is 11.1. The summed E-state index contributed by atoms with van der Waals surface area (Å²) in [5.41, 5.74) is 3.32. The molecule has 0 radical (unpaired) electrons. The third-order valence-electron chi connectivity index (χ3n) is 9.71. The van der Waals surface area contributed by atoms with Gasteiger partial charge in [0.1, 0.15) is 24.6 Å². The van der Waals surface area contributed by atoms with Gasteiger partial charge in [0.05, 0.1) is 0 Å². The van der Waals surface area contributed by atoms with Crippen LogP contribution in [0.1, 0.15) is 63.4 Å². The van der Waals surface area contributed by atoms with E-state index in [2.05, 4.69) is 24.0 Å². The van der Waals surface area contributed by atoms with Crippen LogP contribution >= 0.6 is 0 Å². The number of benzene rings is 1. The van der Waals surface area contributed by atoms with Crippen LogP contribution < -0.4 is 4.74 Å². The van der Waals surface area contributed by atoms with Crippen LogP contribution in [0, 0.1) is 17.3 Å². The molecule has 1 aromatic rings. The molecule has 200 valence electrons. The van der Waals surface area contributed by atoms with Gasteiger partial charge in [-0.2, -0.15) is 0 Å². The van der Waals surface area contributed by atoms with Gasteiger partial charge in [0, 0.05) is 31.4 Å². The standard InChI is InChI=1S/C31H41NO5/c1-30-18-26(20-5-9-23(10-6-20)37-16-15-32(2)3)29-24-12-8-22(33)17-21(24)7-11-25(29)27(30)13-14-31(30,35)28(34)19-36-4/h5-6,9-10,17,25-27,35H,7-8,11-16,18-19H2,1-4H3/t25-,26+,27-,30-,31-/m0/s1. The molecule has 1 N–H and O–H groups in total. The van der Waals surface area contributed by atoms with Gasteiger partial charge >= 0.3 is 0 Å². The normalized spacial score (nSPS) is 33.1. The molecule has 5 rings (SSSR count). The van der Waals surface area contributed by atoms with E-state index in [9.17, 15) is 14.7 Å². The molecule has 0 aromatic heterocycles. The number of fused-ring (bicyclic) bond motifs is 4. The number of hydrogen-bond acceptors (Lipinski definition) is 6. The Kier molecular flexibility index (Phi) is 7.20. The largest absolute Gasteiger partial charge is 0.492 e. The van der Waals surface area contributed by atoms with Crippen LogP contribution in [0.5, 0.6) is 5.75 Å². The predicted octanol–water partition coefficient (Wildman–Crippen LogP) is 4.47. The highest BCUT2D eigenvalue weighted by Gasteiger charge is 2.65. The van der Waals surface area contributed by atoms with Crippen LogP contribution in [0.3, 0.4) is 0 Å². The topological polar surface area (TPSA) is 76.1 Å². The lowest BCUT2D eigenvalue weighted by atomic mass is 9.50. The molecule has 6 nitrogen and oxygen atoms in total. The molecule has 5 atom stereocenters. The fourth-order valence-electron chi connectivity index (χ4n) is 7.82. The van der Waals surface area contributed by atoms with Gasteiger partial charge < -0.3 is 19.5 Å². The molecule has 1 aromatic carbocycles. The zero-order chi connectivity index (χ0) is 26.4. The molecule has 0 aliphatic heterocycles. The third-order valence-corrected chi connectivity index (χ3v) is 9.71. The maximum atomic E-state index is 13.2. The monoisotopic (exact) mass is 507 g/mol. The van der Waals surface area contributed by atoms with Gasteiger partial charge in [0.15, 0.2) is 11.6 Å². The first-order valence-electron chi connectivity index (χ1n) is 13.8. The molecular formula is C31H41NO5. The number of rotatable bonds is 8. The molecule has 4 aliphatic rings. The Morgan fingerprint density at radius 2 is 1.89 bits per heavy atom. The van der Waals surface area contributed by atoms with E-state index in [0.29, 0.717) is 31.8 Å². The number of allylic oxidation sites excluding steroid dienone is 4. The van der Waals surface area contributed by atoms with E-state index < -0.39 is 11.0 Å². The zero-order valence-electron chi connectivity index (χ0n) is 22.7. The highest BCUT2D eigenvalue weighted by molar-refractivity contribution is 5.93. The number of methoxy groups -OCH3 is 1. The quantitative estimate of drug-likeness (QED) is 0.560. The SMILES string of the molecule is COCC(=O)[C@@]1(O)CC[C@H]2[C@@H]3CCC4=CC(=O)CCC4=C3[C@@H](c3ccc(OCCN(C)C)cc3)C[C@@]21C. The van der Waals surface area contributed by atoms with Crippen LogP contribution in [0.2, 0.25) is 0 Å². The molecular weight excluding hydrogens is 466 g/mol. The number of aliphatic hydroxyl groups is 1. The molecule has 0 unspecified atom stereocenters. The highest BCUT2D eigenvalue weighted by atomic mass is 16.5. The van der Waals surface area contributed by atoms with E-state index >= 15 is 0 Å². The molecule has 4 aliphatic carbocycles. The first kappa shape index (κ1) is 26.3. The zero-order valence-corrected chi connectivity index (χ0v) is 22.7. The Labute approximate surface area is 220 Å². The van der Waals surface area contributed by atoms with Gasteiger partial charge in [-0.1, -0.05) is 24.6 Å². The molecule has 0 heterocycles. The predicted molar refractivity (Wildman–Crippen MR) is 143 cm³/mol. The molecule has 0 spiro atoms. The number of nitrogens with zero attached hydrogens (tertiary/aromatic N) is 1. The van der Waals surface area contributed by atoms with Gasteiger partial charge in [-0.05, 0) is 99.4 Å². The molecule has 0 saturated heterocycles. The lowest BCUT2D eigenvalue weighted by molar-refractivity contribution is -0.158. The third kappa shape index (κ3) is 4.51. The van der Waals surface area contributed by atoms with E-state index in [1.54, 1.807) is 0 Å². The fourth-order valence-corrected chi connectivity index (χ4v) is 7.82. The van der Waals surface area contributed by atoms with Gasteiger partial charge in [-0.15, -0.1) is 0 Å². The Morgan fingerprint density at radius 1 is 1.14 bits per heavy atom. The van der Waals surface area contributed by atoms with Gasteiger partial charge in [0.25, 0.3) is 0 Å². The molecule has 0 amide bonds. The second-order valence-electron chi connectivity index (χ2n) is 12.0. The van der Waals surface area contributed by atoms with Crippen LogP contribution in [0.25, 0.3) is 0 Å². The Balaban J connectivity index is 1.55. The van der Waals surface area contributed by atoms with Crippen molar-refractivity contribution in [2.24, 2.45) is 17.3 Å². The maximum Gasteiger partial charge on any atom is 0.190 e. The van der Waals surface area contributed by atoms with E-state index in [0.717, 1.165) is 38.0 Å². The van der Waals surface area contributed by atoms with Crippen molar-refractivity contribution in [2.75, 3.05) is 41.0 Å². The second-order valence-corrected chi connectivity index (χ2v) is 12.0. The number of carbonyl (C=O) groups is 2. The first-order valence-corrected chi connectivity index (χ1v) is 13.8. The second kappa shape index (κ2) is 10.1. The van der Waals surface area contributed by atoms with Crippen molar-refractivity contribution in [1.29, 1.82) is 0 Å². The minimum absolute atomic E-state index is 0.0595. The average molecular weight is 508 g/mol. The van der Waals surface area contributed by atoms with E-state index in [1.165, 1.54) is 29.4 Å². The van der Waals surface area contributed by atoms with E-state index in [4.69, 9.17) is 9.47 Å². The summed E-state index contributed by atoms with van der Waals surface area (Å²) in [5.74, 6) is 1.52. The summed E-state index contributed by atoms with van der Waals surface area (Å²) in [6, 6.07) is 8.39. The van der Waals surface area contributed by atoms with Crippen molar-refractivity contribution in [3.05, 3.63) is 52.6 Å². The molecule has 2 fully saturated rings. The van der Waals surface area contributed by atoms with Crippen molar-refractivity contribution in [1.82, 2.24) is 4.90 Å².